The standard InChI is InChI=1S/C19H14F4N2OS/c1-11-2-7-14(20)8-16(11)25-17(26)9-15-10-27-18(24-15)12-3-5-13(6-4-12)19(21,22)23/h2-8,10H,9H2,1H3,(H,25,26). The molecule has 0 saturated heterocycles. The predicted octanol–water partition coefficient (Wildman–Crippen LogP) is 5.46. The molecule has 1 aromatic heterocycles. The Bertz CT molecular complexity index is 965. The van der Waals surface area contributed by atoms with Gasteiger partial charge in [-0.25, -0.2) is 9.37 Å². The van der Waals surface area contributed by atoms with Crippen LogP contribution >= 0.6 is 11.3 Å². The van der Waals surface area contributed by atoms with Crippen LogP contribution in [-0.4, -0.2) is 10.9 Å². The minimum absolute atomic E-state index is 0.0207. The Balaban J connectivity index is 1.69. The number of carbonyl (C=O) groups is 1. The number of nitrogens with zero attached hydrogens (tertiary/aromatic N) is 1. The molecule has 1 N–H and O–H groups in total. The summed E-state index contributed by atoms with van der Waals surface area (Å²) in [6, 6.07) is 8.80. The van der Waals surface area contributed by atoms with Crippen molar-refractivity contribution in [3.63, 3.8) is 0 Å². The lowest BCUT2D eigenvalue weighted by Gasteiger charge is -2.07. The van der Waals surface area contributed by atoms with Crippen LogP contribution in [0.2, 0.25) is 0 Å². The molecule has 0 saturated carbocycles. The van der Waals surface area contributed by atoms with Crippen LogP contribution in [0.4, 0.5) is 23.2 Å². The Morgan fingerprint density at radius 3 is 2.52 bits per heavy atom. The normalized spacial score (nSPS) is 11.4. The molecule has 3 nitrogen and oxygen atoms in total. The highest BCUT2D eigenvalue weighted by molar-refractivity contribution is 7.13. The number of thiazole rings is 1. The van der Waals surface area contributed by atoms with Gasteiger partial charge in [-0.2, -0.15) is 13.2 Å². The summed E-state index contributed by atoms with van der Waals surface area (Å²) in [7, 11) is 0. The topological polar surface area (TPSA) is 42.0 Å². The summed E-state index contributed by atoms with van der Waals surface area (Å²) in [6.07, 6.45) is -4.41. The minimum Gasteiger partial charge on any atom is -0.325 e. The fraction of sp³-hybridized carbons (Fsp3) is 0.158. The second-order valence-electron chi connectivity index (χ2n) is 5.90. The predicted molar refractivity (Wildman–Crippen MR) is 96.0 cm³/mol. The maximum Gasteiger partial charge on any atom is 0.416 e. The van der Waals surface area contributed by atoms with Gasteiger partial charge in [-0.05, 0) is 36.8 Å². The lowest BCUT2D eigenvalue weighted by atomic mass is 10.1. The van der Waals surface area contributed by atoms with Crippen molar-refractivity contribution in [1.29, 1.82) is 0 Å². The molecule has 0 atom stereocenters. The van der Waals surface area contributed by atoms with E-state index in [-0.39, 0.29) is 12.3 Å². The monoisotopic (exact) mass is 394 g/mol. The second-order valence-corrected chi connectivity index (χ2v) is 6.76. The van der Waals surface area contributed by atoms with Gasteiger partial charge in [0.25, 0.3) is 0 Å². The molecule has 0 fully saturated rings. The van der Waals surface area contributed by atoms with E-state index in [0.717, 1.165) is 17.7 Å². The Labute approximate surface area is 156 Å². The Morgan fingerprint density at radius 2 is 1.85 bits per heavy atom. The van der Waals surface area contributed by atoms with Gasteiger partial charge in [0.2, 0.25) is 5.91 Å². The fourth-order valence-corrected chi connectivity index (χ4v) is 3.24. The van der Waals surface area contributed by atoms with Crippen LogP contribution in [-0.2, 0) is 17.4 Å². The maximum absolute atomic E-state index is 13.3. The Kier molecular flexibility index (Phi) is 5.27. The van der Waals surface area contributed by atoms with E-state index in [9.17, 15) is 22.4 Å². The van der Waals surface area contributed by atoms with E-state index in [1.54, 1.807) is 18.4 Å². The number of aromatic nitrogens is 1. The van der Waals surface area contributed by atoms with E-state index in [0.29, 0.717) is 22.0 Å². The molecule has 0 unspecified atom stereocenters. The van der Waals surface area contributed by atoms with Crippen molar-refractivity contribution in [2.24, 2.45) is 0 Å². The van der Waals surface area contributed by atoms with Crippen molar-refractivity contribution in [2.45, 2.75) is 19.5 Å². The van der Waals surface area contributed by atoms with Crippen LogP contribution in [0.15, 0.2) is 47.8 Å². The molecule has 0 aliphatic rings. The summed E-state index contributed by atoms with van der Waals surface area (Å²) in [6.45, 7) is 1.75. The van der Waals surface area contributed by atoms with Crippen molar-refractivity contribution < 1.29 is 22.4 Å². The number of anilines is 1. The molecule has 0 aliphatic heterocycles. The third-order valence-corrected chi connectivity index (χ3v) is 4.77. The summed E-state index contributed by atoms with van der Waals surface area (Å²) < 4.78 is 51.1. The van der Waals surface area contributed by atoms with Crippen LogP contribution in [0.1, 0.15) is 16.8 Å². The van der Waals surface area contributed by atoms with E-state index >= 15 is 0 Å². The average molecular weight is 394 g/mol. The molecule has 0 aliphatic carbocycles. The quantitative estimate of drug-likeness (QED) is 0.597. The third-order valence-electron chi connectivity index (χ3n) is 3.83. The zero-order chi connectivity index (χ0) is 19.6. The molecule has 0 radical (unpaired) electrons. The highest BCUT2D eigenvalue weighted by atomic mass is 32.1. The Morgan fingerprint density at radius 1 is 1.15 bits per heavy atom. The molecule has 3 rings (SSSR count). The number of aryl methyl sites for hydroxylation is 1. The number of alkyl halides is 3. The lowest BCUT2D eigenvalue weighted by Crippen LogP contribution is -2.15. The largest absolute Gasteiger partial charge is 0.416 e. The van der Waals surface area contributed by atoms with Crippen molar-refractivity contribution in [3.8, 4) is 10.6 Å². The highest BCUT2D eigenvalue weighted by Crippen LogP contribution is 2.31. The zero-order valence-corrected chi connectivity index (χ0v) is 14.9. The molecule has 0 bridgehead atoms. The first-order chi connectivity index (χ1) is 12.7. The van der Waals surface area contributed by atoms with E-state index in [1.807, 2.05) is 0 Å². The smallest absolute Gasteiger partial charge is 0.325 e. The van der Waals surface area contributed by atoms with Gasteiger partial charge in [0.05, 0.1) is 17.7 Å². The minimum atomic E-state index is -4.39. The first-order valence-electron chi connectivity index (χ1n) is 7.90. The summed E-state index contributed by atoms with van der Waals surface area (Å²) in [5.41, 5.74) is 1.42. The van der Waals surface area contributed by atoms with Crippen LogP contribution < -0.4 is 5.32 Å². The van der Waals surface area contributed by atoms with Gasteiger partial charge in [-0.1, -0.05) is 18.2 Å². The fourth-order valence-electron chi connectivity index (χ4n) is 2.41. The van der Waals surface area contributed by atoms with Crippen LogP contribution in [0, 0.1) is 12.7 Å². The summed E-state index contributed by atoms with van der Waals surface area (Å²) in [5.74, 6) is -0.804. The SMILES string of the molecule is Cc1ccc(F)cc1NC(=O)Cc1csc(-c2ccc(C(F)(F)F)cc2)n1. The van der Waals surface area contributed by atoms with Crippen molar-refractivity contribution in [1.82, 2.24) is 4.98 Å². The number of halogens is 4. The molecule has 0 spiro atoms. The molecule has 27 heavy (non-hydrogen) atoms. The number of rotatable bonds is 4. The van der Waals surface area contributed by atoms with Crippen LogP contribution in [0.25, 0.3) is 10.6 Å². The number of benzene rings is 2. The van der Waals surface area contributed by atoms with Gasteiger partial charge in [0.15, 0.2) is 0 Å². The molecular weight excluding hydrogens is 380 g/mol. The van der Waals surface area contributed by atoms with Crippen LogP contribution in [0.5, 0.6) is 0 Å². The van der Waals surface area contributed by atoms with Crippen molar-refractivity contribution >= 4 is 22.9 Å². The molecule has 1 amide bonds. The molecule has 8 heteroatoms. The summed E-state index contributed by atoms with van der Waals surface area (Å²) in [4.78, 5) is 16.4. The third kappa shape index (κ3) is 4.71. The number of hydrogen-bond acceptors (Lipinski definition) is 3. The number of amides is 1. The molecule has 140 valence electrons. The molecule has 3 aromatic rings. The Hall–Kier alpha value is -2.74. The van der Waals surface area contributed by atoms with Gasteiger partial charge in [0.1, 0.15) is 10.8 Å². The maximum atomic E-state index is 13.3. The van der Waals surface area contributed by atoms with Gasteiger partial charge in [0, 0.05) is 16.6 Å². The van der Waals surface area contributed by atoms with E-state index in [4.69, 9.17) is 0 Å². The molecule has 2 aromatic carbocycles. The van der Waals surface area contributed by atoms with Crippen molar-refractivity contribution in [2.75, 3.05) is 5.32 Å². The van der Waals surface area contributed by atoms with E-state index in [1.165, 1.54) is 35.6 Å². The summed E-state index contributed by atoms with van der Waals surface area (Å²) in [5, 5.41) is 4.83. The van der Waals surface area contributed by atoms with Crippen molar-refractivity contribution in [3.05, 3.63) is 70.5 Å². The first kappa shape index (κ1) is 19.0. The van der Waals surface area contributed by atoms with Gasteiger partial charge < -0.3 is 5.32 Å². The second kappa shape index (κ2) is 7.48. The zero-order valence-electron chi connectivity index (χ0n) is 14.1. The van der Waals surface area contributed by atoms with E-state index in [2.05, 4.69) is 10.3 Å². The molecular formula is C19H14F4N2OS. The number of carbonyl (C=O) groups excluding carboxylic acids is 1. The average Bonchev–Trinajstić information content (AvgIpc) is 3.06. The summed E-state index contributed by atoms with van der Waals surface area (Å²) >= 11 is 1.24. The van der Waals surface area contributed by atoms with Gasteiger partial charge >= 0.3 is 6.18 Å². The highest BCUT2D eigenvalue weighted by Gasteiger charge is 2.30. The van der Waals surface area contributed by atoms with Crippen LogP contribution in [0.3, 0.4) is 0 Å². The number of nitrogens with one attached hydrogen (secondary N) is 1. The van der Waals surface area contributed by atoms with E-state index < -0.39 is 17.6 Å². The number of hydrogen-bond donors (Lipinski definition) is 1. The molecule has 1 heterocycles. The first-order valence-corrected chi connectivity index (χ1v) is 8.78. The lowest BCUT2D eigenvalue weighted by molar-refractivity contribution is -0.137. The van der Waals surface area contributed by atoms with Gasteiger partial charge in [-0.15, -0.1) is 11.3 Å². The van der Waals surface area contributed by atoms with Gasteiger partial charge in [-0.3, -0.25) is 4.79 Å².